The summed E-state index contributed by atoms with van der Waals surface area (Å²) in [4.78, 5) is 19.0. The fraction of sp³-hybridized carbons (Fsp3) is 0.591. The number of benzene rings is 1. The average molecular weight is 417 g/mol. The molecule has 0 spiro atoms. The molecule has 2 aliphatic heterocycles. The van der Waals surface area contributed by atoms with Crippen molar-refractivity contribution in [2.75, 3.05) is 32.9 Å². The summed E-state index contributed by atoms with van der Waals surface area (Å²) in [5, 5.41) is 4.14. The van der Waals surface area contributed by atoms with Crippen molar-refractivity contribution in [3.8, 4) is 5.75 Å². The highest BCUT2D eigenvalue weighted by Gasteiger charge is 2.25. The molecule has 1 atom stereocenters. The molecule has 0 N–H and O–H groups in total. The van der Waals surface area contributed by atoms with E-state index in [0.717, 1.165) is 76.5 Å². The fourth-order valence-electron chi connectivity index (χ4n) is 4.11. The summed E-state index contributed by atoms with van der Waals surface area (Å²) < 4.78 is 29.3. The van der Waals surface area contributed by atoms with Crippen LogP contribution in [0.1, 0.15) is 49.7 Å². The summed E-state index contributed by atoms with van der Waals surface area (Å²) in [5.41, 5.74) is 0. The number of nitrogens with zero attached hydrogens (tertiary/aromatic N) is 3. The molecule has 0 radical (unpaired) electrons. The van der Waals surface area contributed by atoms with E-state index in [4.69, 9.17) is 14.0 Å². The Morgan fingerprint density at radius 2 is 2.00 bits per heavy atom. The molecule has 0 bridgehead atoms. The summed E-state index contributed by atoms with van der Waals surface area (Å²) in [6.45, 7) is 2.94. The highest BCUT2D eigenvalue weighted by Crippen LogP contribution is 2.26. The summed E-state index contributed by atoms with van der Waals surface area (Å²) in [6.07, 6.45) is 5.61. The van der Waals surface area contributed by atoms with Gasteiger partial charge in [-0.2, -0.15) is 4.98 Å². The molecule has 162 valence electrons. The predicted molar refractivity (Wildman–Crippen MR) is 107 cm³/mol. The van der Waals surface area contributed by atoms with Gasteiger partial charge < -0.3 is 18.9 Å². The number of aryl methyl sites for hydroxylation is 1. The van der Waals surface area contributed by atoms with Gasteiger partial charge in [-0.05, 0) is 62.3 Å². The minimum Gasteiger partial charge on any atom is -0.484 e. The number of ether oxygens (including phenoxy) is 2. The third-order valence-electron chi connectivity index (χ3n) is 5.88. The molecule has 4 rings (SSSR count). The lowest BCUT2D eigenvalue weighted by Crippen LogP contribution is -2.42. The van der Waals surface area contributed by atoms with Crippen molar-refractivity contribution in [2.24, 2.45) is 5.92 Å². The summed E-state index contributed by atoms with van der Waals surface area (Å²) >= 11 is 0. The number of rotatable bonds is 7. The van der Waals surface area contributed by atoms with Crippen LogP contribution in [0.5, 0.6) is 5.75 Å². The molecule has 0 saturated carbocycles. The van der Waals surface area contributed by atoms with Gasteiger partial charge >= 0.3 is 0 Å². The third-order valence-corrected chi connectivity index (χ3v) is 5.88. The Bertz CT molecular complexity index is 820. The Hall–Kier alpha value is -2.48. The van der Waals surface area contributed by atoms with Crippen LogP contribution in [-0.2, 0) is 16.0 Å². The number of amides is 1. The zero-order chi connectivity index (χ0) is 20.8. The number of hydrogen-bond donors (Lipinski definition) is 0. The molecule has 1 unspecified atom stereocenters. The number of carbonyl (C=O) groups excluding carboxylic acids is 1. The van der Waals surface area contributed by atoms with Gasteiger partial charge in [-0.1, -0.05) is 5.16 Å². The molecular formula is C22H28FN3O4. The van der Waals surface area contributed by atoms with E-state index in [1.54, 1.807) is 0 Å². The summed E-state index contributed by atoms with van der Waals surface area (Å²) in [5.74, 6) is 2.34. The number of halogens is 1. The lowest BCUT2D eigenvalue weighted by Gasteiger charge is -2.32. The molecule has 2 saturated heterocycles. The van der Waals surface area contributed by atoms with E-state index in [1.807, 2.05) is 4.90 Å². The Kier molecular flexibility index (Phi) is 6.94. The quantitative estimate of drug-likeness (QED) is 0.688. The first-order valence-corrected chi connectivity index (χ1v) is 10.7. The van der Waals surface area contributed by atoms with Crippen LogP contribution in [0, 0.1) is 11.7 Å². The highest BCUT2D eigenvalue weighted by atomic mass is 19.1. The van der Waals surface area contributed by atoms with E-state index in [2.05, 4.69) is 10.1 Å². The average Bonchev–Trinajstić information content (AvgIpc) is 3.27. The van der Waals surface area contributed by atoms with Crippen LogP contribution in [-0.4, -0.2) is 53.9 Å². The van der Waals surface area contributed by atoms with Crippen molar-refractivity contribution < 1.29 is 23.2 Å². The van der Waals surface area contributed by atoms with Gasteiger partial charge in [-0.3, -0.25) is 4.79 Å². The maximum Gasteiger partial charge on any atom is 0.260 e. The van der Waals surface area contributed by atoms with E-state index < -0.39 is 0 Å². The van der Waals surface area contributed by atoms with Gasteiger partial charge in [0.1, 0.15) is 11.6 Å². The molecule has 30 heavy (non-hydrogen) atoms. The lowest BCUT2D eigenvalue weighted by atomic mass is 9.93. The smallest absolute Gasteiger partial charge is 0.260 e. The van der Waals surface area contributed by atoms with Gasteiger partial charge in [0.2, 0.25) is 5.89 Å². The van der Waals surface area contributed by atoms with Gasteiger partial charge in [0, 0.05) is 38.6 Å². The molecule has 1 aromatic carbocycles. The van der Waals surface area contributed by atoms with Crippen molar-refractivity contribution in [3.63, 3.8) is 0 Å². The first-order valence-electron chi connectivity index (χ1n) is 10.7. The fourth-order valence-corrected chi connectivity index (χ4v) is 4.11. The number of likely N-dealkylation sites (tertiary alicyclic amines) is 1. The van der Waals surface area contributed by atoms with Crippen LogP contribution in [0.2, 0.25) is 0 Å². The van der Waals surface area contributed by atoms with Crippen LogP contribution in [0.4, 0.5) is 4.39 Å². The zero-order valence-corrected chi connectivity index (χ0v) is 17.1. The SMILES string of the molecule is O=C(COc1ccc(F)cc1)N1CCCC(CCc2noc(C3CCOCC3)n2)C1. The lowest BCUT2D eigenvalue weighted by molar-refractivity contribution is -0.135. The van der Waals surface area contributed by atoms with Crippen molar-refractivity contribution in [2.45, 2.75) is 44.4 Å². The zero-order valence-electron chi connectivity index (χ0n) is 17.1. The van der Waals surface area contributed by atoms with E-state index in [9.17, 15) is 9.18 Å². The molecule has 1 aromatic heterocycles. The highest BCUT2D eigenvalue weighted by molar-refractivity contribution is 5.77. The van der Waals surface area contributed by atoms with Crippen LogP contribution >= 0.6 is 0 Å². The Labute approximate surface area is 175 Å². The van der Waals surface area contributed by atoms with Crippen molar-refractivity contribution in [1.29, 1.82) is 0 Å². The van der Waals surface area contributed by atoms with E-state index in [-0.39, 0.29) is 18.3 Å². The van der Waals surface area contributed by atoms with Gasteiger partial charge in [-0.15, -0.1) is 0 Å². The van der Waals surface area contributed by atoms with Gasteiger partial charge in [0.25, 0.3) is 5.91 Å². The van der Waals surface area contributed by atoms with Gasteiger partial charge in [0.15, 0.2) is 12.4 Å². The maximum absolute atomic E-state index is 13.0. The second-order valence-corrected chi connectivity index (χ2v) is 8.06. The Balaban J connectivity index is 1.22. The van der Waals surface area contributed by atoms with E-state index in [1.165, 1.54) is 24.3 Å². The molecule has 8 heteroatoms. The number of carbonyl (C=O) groups is 1. The van der Waals surface area contributed by atoms with E-state index in [0.29, 0.717) is 17.6 Å². The standard InChI is InChI=1S/C22H28FN3O4/c23-18-4-6-19(7-5-18)29-15-21(27)26-11-1-2-16(14-26)3-8-20-24-22(30-25-20)17-9-12-28-13-10-17/h4-7,16-17H,1-3,8-15H2. The number of hydrogen-bond acceptors (Lipinski definition) is 6. The molecule has 2 aliphatic rings. The molecule has 2 aromatic rings. The van der Waals surface area contributed by atoms with Crippen molar-refractivity contribution >= 4 is 5.91 Å². The minimum atomic E-state index is -0.325. The Morgan fingerprint density at radius 1 is 1.20 bits per heavy atom. The molecule has 0 aliphatic carbocycles. The summed E-state index contributed by atoms with van der Waals surface area (Å²) in [7, 11) is 0. The van der Waals surface area contributed by atoms with Crippen LogP contribution in [0.15, 0.2) is 28.8 Å². The Morgan fingerprint density at radius 3 is 2.80 bits per heavy atom. The largest absolute Gasteiger partial charge is 0.484 e. The monoisotopic (exact) mass is 417 g/mol. The van der Waals surface area contributed by atoms with Crippen molar-refractivity contribution in [1.82, 2.24) is 15.0 Å². The van der Waals surface area contributed by atoms with Crippen LogP contribution in [0.3, 0.4) is 0 Å². The molecule has 1 amide bonds. The number of aromatic nitrogens is 2. The topological polar surface area (TPSA) is 77.7 Å². The van der Waals surface area contributed by atoms with Gasteiger partial charge in [0.05, 0.1) is 0 Å². The van der Waals surface area contributed by atoms with Crippen LogP contribution in [0.25, 0.3) is 0 Å². The third kappa shape index (κ3) is 5.56. The minimum absolute atomic E-state index is 0.0301. The normalized spacial score (nSPS) is 20.3. The second kappa shape index (κ2) is 10.0. The molecular weight excluding hydrogens is 389 g/mol. The summed E-state index contributed by atoms with van der Waals surface area (Å²) in [6, 6.07) is 5.70. The number of piperidine rings is 1. The predicted octanol–water partition coefficient (Wildman–Crippen LogP) is 3.35. The maximum atomic E-state index is 13.0. The van der Waals surface area contributed by atoms with Gasteiger partial charge in [-0.25, -0.2) is 4.39 Å². The van der Waals surface area contributed by atoms with E-state index >= 15 is 0 Å². The molecule has 2 fully saturated rings. The molecule has 3 heterocycles. The van der Waals surface area contributed by atoms with Crippen molar-refractivity contribution in [3.05, 3.63) is 41.8 Å². The first-order chi connectivity index (χ1) is 14.7. The second-order valence-electron chi connectivity index (χ2n) is 8.06. The first kappa shape index (κ1) is 20.8. The van der Waals surface area contributed by atoms with Crippen LogP contribution < -0.4 is 4.74 Å². The molecule has 7 nitrogen and oxygen atoms in total.